The molecule has 0 unspecified atom stereocenters. The summed E-state index contributed by atoms with van der Waals surface area (Å²) in [5.41, 5.74) is 6.16. The highest BCUT2D eigenvalue weighted by molar-refractivity contribution is 5.17. The third kappa shape index (κ3) is 3.05. The van der Waals surface area contributed by atoms with Crippen molar-refractivity contribution in [3.05, 3.63) is 35.4 Å². The van der Waals surface area contributed by atoms with E-state index in [1.165, 1.54) is 6.07 Å². The van der Waals surface area contributed by atoms with E-state index in [1.807, 2.05) is 11.9 Å². The minimum Gasteiger partial charge on any atom is -0.318 e. The van der Waals surface area contributed by atoms with Gasteiger partial charge in [0, 0.05) is 13.2 Å². The second-order valence-electron chi connectivity index (χ2n) is 3.26. The Hall–Kier alpha value is -1.00. The minimum absolute atomic E-state index is 0.462. The molecule has 0 spiro atoms. The summed E-state index contributed by atoms with van der Waals surface area (Å²) < 4.78 is 25.3. The largest absolute Gasteiger partial charge is 0.318 e. The van der Waals surface area contributed by atoms with Crippen molar-refractivity contribution >= 4 is 0 Å². The Balaban J connectivity index is 2.55. The summed E-state index contributed by atoms with van der Waals surface area (Å²) in [5.74, 6) is -1.60. The first-order valence-corrected chi connectivity index (χ1v) is 4.46. The van der Waals surface area contributed by atoms with Gasteiger partial charge in [0.15, 0.2) is 11.6 Å². The van der Waals surface area contributed by atoms with Gasteiger partial charge in [-0.3, -0.25) is 4.90 Å². The van der Waals surface area contributed by atoms with E-state index < -0.39 is 11.6 Å². The van der Waals surface area contributed by atoms with E-state index >= 15 is 0 Å². The zero-order valence-corrected chi connectivity index (χ0v) is 8.13. The van der Waals surface area contributed by atoms with E-state index in [0.29, 0.717) is 13.1 Å². The van der Waals surface area contributed by atoms with Crippen LogP contribution in [0.5, 0.6) is 0 Å². The molecule has 0 saturated carbocycles. The lowest BCUT2D eigenvalue weighted by Crippen LogP contribution is -2.27. The number of halogens is 2. The molecule has 0 fully saturated rings. The van der Waals surface area contributed by atoms with Crippen molar-refractivity contribution in [2.45, 2.75) is 6.42 Å². The highest BCUT2D eigenvalue weighted by Gasteiger charge is 2.03. The lowest BCUT2D eigenvalue weighted by Gasteiger charge is -2.13. The molecular formula is C10H14F2N2. The number of benzene rings is 1. The number of rotatable bonds is 4. The first kappa shape index (κ1) is 11.1. The molecular weight excluding hydrogens is 186 g/mol. The molecule has 2 N–H and O–H groups in total. The second kappa shape index (κ2) is 5.02. The molecule has 0 saturated heterocycles. The number of nitrogens with zero attached hydrogens (tertiary/aromatic N) is 1. The first-order valence-electron chi connectivity index (χ1n) is 4.46. The number of likely N-dealkylation sites (N-methyl/N-ethyl adjacent to an activating group) is 1. The summed E-state index contributed by atoms with van der Waals surface area (Å²) >= 11 is 0. The number of hydrogen-bond acceptors (Lipinski definition) is 2. The fraction of sp³-hybridized carbons (Fsp3) is 0.400. The van der Waals surface area contributed by atoms with Crippen LogP contribution in [0.4, 0.5) is 8.78 Å². The van der Waals surface area contributed by atoms with Crippen LogP contribution in [0, 0.1) is 11.6 Å². The summed E-state index contributed by atoms with van der Waals surface area (Å²) in [7, 11) is 1.87. The number of hydrogen-bond donors (Lipinski definition) is 1. The average Bonchev–Trinajstić information content (AvgIpc) is 2.19. The maximum Gasteiger partial charge on any atom is 0.159 e. The van der Waals surface area contributed by atoms with Gasteiger partial charge in [-0.1, -0.05) is 6.07 Å². The molecule has 78 valence electrons. The lowest BCUT2D eigenvalue weighted by molar-refractivity contribution is 0.349. The van der Waals surface area contributed by atoms with Crippen molar-refractivity contribution in [1.82, 2.24) is 4.90 Å². The molecule has 1 rings (SSSR count). The SMILES string of the molecule is CN(CN)CCc1ccc(F)c(F)c1. The molecule has 0 aliphatic heterocycles. The highest BCUT2D eigenvalue weighted by atomic mass is 19.2. The topological polar surface area (TPSA) is 29.3 Å². The molecule has 0 aliphatic rings. The van der Waals surface area contributed by atoms with Crippen LogP contribution in [0.3, 0.4) is 0 Å². The Labute approximate surface area is 82.3 Å². The van der Waals surface area contributed by atoms with Gasteiger partial charge in [0.25, 0.3) is 0 Å². The van der Waals surface area contributed by atoms with Crippen LogP contribution in [-0.4, -0.2) is 25.2 Å². The van der Waals surface area contributed by atoms with Gasteiger partial charge in [0.2, 0.25) is 0 Å². The molecule has 14 heavy (non-hydrogen) atoms. The Bertz CT molecular complexity index is 302. The summed E-state index contributed by atoms with van der Waals surface area (Å²) in [6.45, 7) is 1.20. The Morgan fingerprint density at radius 1 is 1.29 bits per heavy atom. The normalized spacial score (nSPS) is 10.9. The summed E-state index contributed by atoms with van der Waals surface area (Å²) in [6, 6.07) is 3.95. The van der Waals surface area contributed by atoms with Crippen LogP contribution in [0.25, 0.3) is 0 Å². The van der Waals surface area contributed by atoms with E-state index in [9.17, 15) is 8.78 Å². The van der Waals surface area contributed by atoms with Crippen LogP contribution in [0.1, 0.15) is 5.56 Å². The standard InChI is InChI=1S/C10H14F2N2/c1-14(7-13)5-4-8-2-3-9(11)10(12)6-8/h2-3,6H,4-5,7,13H2,1H3. The molecule has 0 aromatic heterocycles. The predicted molar refractivity (Wildman–Crippen MR) is 51.7 cm³/mol. The second-order valence-corrected chi connectivity index (χ2v) is 3.26. The Morgan fingerprint density at radius 3 is 2.57 bits per heavy atom. The molecule has 2 nitrogen and oxygen atoms in total. The van der Waals surface area contributed by atoms with Gasteiger partial charge in [0.1, 0.15) is 0 Å². The molecule has 0 atom stereocenters. The maximum atomic E-state index is 12.8. The van der Waals surface area contributed by atoms with Crippen LogP contribution >= 0.6 is 0 Å². The van der Waals surface area contributed by atoms with Crippen molar-refractivity contribution in [1.29, 1.82) is 0 Å². The first-order chi connectivity index (χ1) is 6.63. The average molecular weight is 200 g/mol. The molecule has 0 amide bonds. The van der Waals surface area contributed by atoms with Crippen LogP contribution in [-0.2, 0) is 6.42 Å². The molecule has 0 heterocycles. The van der Waals surface area contributed by atoms with E-state index in [1.54, 1.807) is 6.07 Å². The quantitative estimate of drug-likeness (QED) is 0.743. The van der Waals surface area contributed by atoms with Gasteiger partial charge in [-0.15, -0.1) is 0 Å². The monoisotopic (exact) mass is 200 g/mol. The van der Waals surface area contributed by atoms with Crippen molar-refractivity contribution in [3.8, 4) is 0 Å². The van der Waals surface area contributed by atoms with Gasteiger partial charge < -0.3 is 5.73 Å². The van der Waals surface area contributed by atoms with E-state index in [-0.39, 0.29) is 0 Å². The fourth-order valence-electron chi connectivity index (χ4n) is 1.11. The lowest BCUT2D eigenvalue weighted by atomic mass is 10.1. The zero-order chi connectivity index (χ0) is 10.6. The van der Waals surface area contributed by atoms with Gasteiger partial charge in [0.05, 0.1) is 0 Å². The third-order valence-electron chi connectivity index (χ3n) is 2.08. The Morgan fingerprint density at radius 2 is 2.00 bits per heavy atom. The van der Waals surface area contributed by atoms with Crippen molar-refractivity contribution < 1.29 is 8.78 Å². The highest BCUT2D eigenvalue weighted by Crippen LogP contribution is 2.09. The van der Waals surface area contributed by atoms with E-state index in [4.69, 9.17) is 5.73 Å². The van der Waals surface area contributed by atoms with Crippen LogP contribution in [0.15, 0.2) is 18.2 Å². The van der Waals surface area contributed by atoms with Gasteiger partial charge in [-0.2, -0.15) is 0 Å². The summed E-state index contributed by atoms with van der Waals surface area (Å²) in [6.07, 6.45) is 0.672. The maximum absolute atomic E-state index is 12.8. The summed E-state index contributed by atoms with van der Waals surface area (Å²) in [5, 5.41) is 0. The van der Waals surface area contributed by atoms with Crippen molar-refractivity contribution in [2.24, 2.45) is 5.73 Å². The smallest absolute Gasteiger partial charge is 0.159 e. The molecule has 4 heteroatoms. The van der Waals surface area contributed by atoms with Gasteiger partial charge >= 0.3 is 0 Å². The van der Waals surface area contributed by atoms with E-state index in [0.717, 1.165) is 18.2 Å². The molecule has 1 aromatic carbocycles. The third-order valence-corrected chi connectivity index (χ3v) is 2.08. The van der Waals surface area contributed by atoms with Crippen LogP contribution in [0.2, 0.25) is 0 Å². The molecule has 0 radical (unpaired) electrons. The van der Waals surface area contributed by atoms with E-state index in [2.05, 4.69) is 0 Å². The number of nitrogens with two attached hydrogens (primary N) is 1. The van der Waals surface area contributed by atoms with Gasteiger partial charge in [-0.25, -0.2) is 8.78 Å². The summed E-state index contributed by atoms with van der Waals surface area (Å²) in [4.78, 5) is 1.90. The fourth-order valence-corrected chi connectivity index (χ4v) is 1.11. The Kier molecular flexibility index (Phi) is 3.98. The molecule has 1 aromatic rings. The zero-order valence-electron chi connectivity index (χ0n) is 8.13. The van der Waals surface area contributed by atoms with Crippen molar-refractivity contribution in [3.63, 3.8) is 0 Å². The molecule has 0 bridgehead atoms. The van der Waals surface area contributed by atoms with Gasteiger partial charge in [-0.05, 0) is 31.2 Å². The molecule has 0 aliphatic carbocycles. The minimum atomic E-state index is -0.805. The predicted octanol–water partition coefficient (Wildman–Crippen LogP) is 1.36. The van der Waals surface area contributed by atoms with Crippen molar-refractivity contribution in [2.75, 3.05) is 20.3 Å². The van der Waals surface area contributed by atoms with Crippen LogP contribution < -0.4 is 5.73 Å².